The fourth-order valence-corrected chi connectivity index (χ4v) is 1.36. The van der Waals surface area contributed by atoms with Crippen LogP contribution in [0.25, 0.3) is 0 Å². The van der Waals surface area contributed by atoms with Crippen molar-refractivity contribution in [2.75, 3.05) is 20.0 Å². The summed E-state index contributed by atoms with van der Waals surface area (Å²) in [6.45, 7) is 2.52. The van der Waals surface area contributed by atoms with Gasteiger partial charge in [0, 0.05) is 0 Å². The lowest BCUT2D eigenvalue weighted by Crippen LogP contribution is -2.03. The summed E-state index contributed by atoms with van der Waals surface area (Å²) in [4.78, 5) is 0. The van der Waals surface area contributed by atoms with E-state index >= 15 is 0 Å². The van der Waals surface area contributed by atoms with Crippen molar-refractivity contribution in [3.8, 4) is 11.5 Å². The Balaban J connectivity index is 2.85. The molecule has 0 amide bonds. The first-order chi connectivity index (χ1) is 8.71. The number of nitrogens with two attached hydrogens (primary N) is 1. The van der Waals surface area contributed by atoms with Crippen LogP contribution < -0.4 is 15.2 Å². The zero-order valence-electron chi connectivity index (χ0n) is 10.7. The second-order valence-corrected chi connectivity index (χ2v) is 4.06. The van der Waals surface area contributed by atoms with E-state index in [0.717, 1.165) is 5.56 Å². The van der Waals surface area contributed by atoms with E-state index in [-0.39, 0.29) is 0 Å². The average Bonchev–Trinajstić information content (AvgIpc) is 2.40. The Hall–Kier alpha value is -1.69. The number of amidine groups is 1. The highest BCUT2D eigenvalue weighted by molar-refractivity contribution is 8.13. The molecule has 0 spiro atoms. The van der Waals surface area contributed by atoms with Gasteiger partial charge in [-0.3, -0.25) is 0 Å². The third-order valence-electron chi connectivity index (χ3n) is 2.06. The van der Waals surface area contributed by atoms with Gasteiger partial charge in [-0.25, -0.2) is 0 Å². The Morgan fingerprint density at radius 1 is 1.44 bits per heavy atom. The van der Waals surface area contributed by atoms with Crippen LogP contribution in [0.4, 0.5) is 0 Å². The molecule has 6 heteroatoms. The molecule has 1 aromatic carbocycles. The number of ether oxygens (including phenoxy) is 2. The van der Waals surface area contributed by atoms with Gasteiger partial charge in [-0.1, -0.05) is 11.8 Å². The molecule has 0 aliphatic rings. The molecule has 0 atom stereocenters. The Kier molecular flexibility index (Phi) is 6.07. The molecule has 0 fully saturated rings. The molecule has 0 aromatic heterocycles. The molecule has 0 saturated heterocycles. The van der Waals surface area contributed by atoms with Gasteiger partial charge in [-0.05, 0) is 36.9 Å². The molecule has 1 rings (SSSR count). The summed E-state index contributed by atoms with van der Waals surface area (Å²) in [6.07, 6.45) is 3.45. The van der Waals surface area contributed by atoms with Crippen molar-refractivity contribution in [2.24, 2.45) is 15.9 Å². The molecule has 5 nitrogen and oxygen atoms in total. The van der Waals surface area contributed by atoms with Crippen LogP contribution in [0.3, 0.4) is 0 Å². The van der Waals surface area contributed by atoms with Crippen LogP contribution in [-0.4, -0.2) is 31.4 Å². The quantitative estimate of drug-likeness (QED) is 0.504. The van der Waals surface area contributed by atoms with Crippen molar-refractivity contribution in [1.29, 1.82) is 0 Å². The molecule has 0 unspecified atom stereocenters. The predicted molar refractivity (Wildman–Crippen MR) is 76.9 cm³/mol. The second kappa shape index (κ2) is 7.60. The van der Waals surface area contributed by atoms with Gasteiger partial charge >= 0.3 is 0 Å². The van der Waals surface area contributed by atoms with Crippen molar-refractivity contribution < 1.29 is 9.47 Å². The van der Waals surface area contributed by atoms with E-state index in [9.17, 15) is 0 Å². The highest BCUT2D eigenvalue weighted by Crippen LogP contribution is 2.27. The van der Waals surface area contributed by atoms with E-state index in [0.29, 0.717) is 23.3 Å². The Morgan fingerprint density at radius 2 is 2.22 bits per heavy atom. The molecule has 0 aliphatic carbocycles. The van der Waals surface area contributed by atoms with Crippen LogP contribution in [0.1, 0.15) is 12.5 Å². The summed E-state index contributed by atoms with van der Waals surface area (Å²) in [6, 6.07) is 5.55. The van der Waals surface area contributed by atoms with E-state index in [1.807, 2.05) is 31.4 Å². The molecule has 0 heterocycles. The smallest absolute Gasteiger partial charge is 0.180 e. The average molecular weight is 267 g/mol. The lowest BCUT2D eigenvalue weighted by Gasteiger charge is -2.09. The summed E-state index contributed by atoms with van der Waals surface area (Å²) in [5.41, 5.74) is 6.38. The number of hydrogen-bond donors (Lipinski definition) is 1. The van der Waals surface area contributed by atoms with E-state index in [4.69, 9.17) is 15.2 Å². The van der Waals surface area contributed by atoms with E-state index in [1.165, 1.54) is 11.8 Å². The van der Waals surface area contributed by atoms with Gasteiger partial charge in [0.1, 0.15) is 0 Å². The maximum absolute atomic E-state index is 5.51. The summed E-state index contributed by atoms with van der Waals surface area (Å²) in [7, 11) is 1.60. The summed E-state index contributed by atoms with van der Waals surface area (Å²) in [5, 5.41) is 8.11. The van der Waals surface area contributed by atoms with Crippen LogP contribution in [-0.2, 0) is 0 Å². The normalized spacial score (nSPS) is 11.8. The van der Waals surface area contributed by atoms with Crippen LogP contribution in [0, 0.1) is 0 Å². The van der Waals surface area contributed by atoms with Crippen LogP contribution in [0.2, 0.25) is 0 Å². The molecular formula is C12H17N3O2S. The molecule has 1 aromatic rings. The standard InChI is InChI=1S/C12H17N3O2S/c1-4-17-10-6-5-9(7-11(10)16-2)8-14-15-12(13)18-3/h5-8H,4H2,1-3H3,(H2,13,15)/b14-8+. The predicted octanol–water partition coefficient (Wildman–Crippen LogP) is 2.11. The van der Waals surface area contributed by atoms with Gasteiger partial charge in [-0.15, -0.1) is 5.10 Å². The summed E-state index contributed by atoms with van der Waals surface area (Å²) in [5.74, 6) is 1.38. The van der Waals surface area contributed by atoms with Gasteiger partial charge < -0.3 is 15.2 Å². The van der Waals surface area contributed by atoms with Crippen LogP contribution >= 0.6 is 11.8 Å². The molecule has 0 aliphatic heterocycles. The van der Waals surface area contributed by atoms with Crippen LogP contribution in [0.15, 0.2) is 28.4 Å². The van der Waals surface area contributed by atoms with Gasteiger partial charge in [0.25, 0.3) is 0 Å². The lowest BCUT2D eigenvalue weighted by atomic mass is 10.2. The zero-order valence-corrected chi connectivity index (χ0v) is 11.5. The maximum atomic E-state index is 5.51. The maximum Gasteiger partial charge on any atom is 0.180 e. The minimum absolute atomic E-state index is 0.421. The molecule has 98 valence electrons. The van der Waals surface area contributed by atoms with Crippen molar-refractivity contribution >= 4 is 23.1 Å². The molecule has 18 heavy (non-hydrogen) atoms. The van der Waals surface area contributed by atoms with Crippen molar-refractivity contribution in [2.45, 2.75) is 6.92 Å². The number of rotatable bonds is 5. The topological polar surface area (TPSA) is 69.2 Å². The van der Waals surface area contributed by atoms with Crippen molar-refractivity contribution in [3.63, 3.8) is 0 Å². The van der Waals surface area contributed by atoms with Gasteiger partial charge in [0.05, 0.1) is 19.9 Å². The summed E-state index contributed by atoms with van der Waals surface area (Å²) < 4.78 is 10.7. The second-order valence-electron chi connectivity index (χ2n) is 3.23. The lowest BCUT2D eigenvalue weighted by molar-refractivity contribution is 0.311. The number of hydrogen-bond acceptors (Lipinski definition) is 5. The minimum Gasteiger partial charge on any atom is -0.493 e. The van der Waals surface area contributed by atoms with E-state index in [2.05, 4.69) is 10.2 Å². The third kappa shape index (κ3) is 4.29. The van der Waals surface area contributed by atoms with Gasteiger partial charge in [0.15, 0.2) is 16.7 Å². The number of benzene rings is 1. The Bertz CT molecular complexity index is 447. The first-order valence-electron chi connectivity index (χ1n) is 5.42. The highest BCUT2D eigenvalue weighted by Gasteiger charge is 2.03. The fraction of sp³-hybridized carbons (Fsp3) is 0.333. The molecule has 0 saturated carbocycles. The van der Waals surface area contributed by atoms with Crippen molar-refractivity contribution in [3.05, 3.63) is 23.8 Å². The fourth-order valence-electron chi connectivity index (χ4n) is 1.23. The number of thioether (sulfide) groups is 1. The Morgan fingerprint density at radius 3 is 2.83 bits per heavy atom. The highest BCUT2D eigenvalue weighted by atomic mass is 32.2. The van der Waals surface area contributed by atoms with Gasteiger partial charge in [-0.2, -0.15) is 5.10 Å². The Labute approximate surface area is 111 Å². The third-order valence-corrected chi connectivity index (χ3v) is 2.56. The molecule has 0 radical (unpaired) electrons. The molecule has 0 bridgehead atoms. The molecule has 2 N–H and O–H groups in total. The van der Waals surface area contributed by atoms with Gasteiger partial charge in [0.2, 0.25) is 0 Å². The number of nitrogens with zero attached hydrogens (tertiary/aromatic N) is 2. The minimum atomic E-state index is 0.421. The van der Waals surface area contributed by atoms with E-state index in [1.54, 1.807) is 13.3 Å². The number of methoxy groups -OCH3 is 1. The zero-order chi connectivity index (χ0) is 13.4. The first-order valence-corrected chi connectivity index (χ1v) is 6.65. The van der Waals surface area contributed by atoms with Crippen LogP contribution in [0.5, 0.6) is 11.5 Å². The van der Waals surface area contributed by atoms with E-state index < -0.39 is 0 Å². The first kappa shape index (κ1) is 14.4. The molecular weight excluding hydrogens is 250 g/mol. The monoisotopic (exact) mass is 267 g/mol. The summed E-state index contributed by atoms with van der Waals surface area (Å²) >= 11 is 1.35. The van der Waals surface area contributed by atoms with Crippen molar-refractivity contribution in [1.82, 2.24) is 0 Å². The SMILES string of the molecule is CCOc1ccc(/C=N/N=C(\N)SC)cc1OC. The largest absolute Gasteiger partial charge is 0.493 e.